The fourth-order valence-corrected chi connectivity index (χ4v) is 0. The van der Waals surface area contributed by atoms with Crippen molar-refractivity contribution in [3.8, 4) is 0 Å². The molecule has 7 nitrogen and oxygen atoms in total. The summed E-state index contributed by atoms with van der Waals surface area (Å²) in [5, 5.41) is 7.57. The van der Waals surface area contributed by atoms with E-state index in [1.165, 1.54) is 0 Å². The van der Waals surface area contributed by atoms with E-state index in [1.807, 2.05) is 0 Å². The Bertz CT molecular complexity index is 32.9. The zero-order valence-corrected chi connectivity index (χ0v) is 11.6. The predicted octanol–water partition coefficient (Wildman–Crippen LogP) is -2.88. The fraction of sp³-hybridized carbons (Fsp3) is 1.00. The first-order valence-electron chi connectivity index (χ1n) is 1.49. The molecule has 0 aromatic heterocycles. The van der Waals surface area contributed by atoms with Crippen molar-refractivity contribution in [3.63, 3.8) is 0 Å². The Morgan fingerprint density at radius 3 is 0.846 bits per heavy atom. The molecule has 13 N–H and O–H groups in total. The molecule has 0 unspecified atom stereocenters. The molecule has 95 valence electrons. The first kappa shape index (κ1) is 60.3. The van der Waals surface area contributed by atoms with Gasteiger partial charge in [-0.1, -0.05) is 0 Å². The van der Waals surface area contributed by atoms with Gasteiger partial charge in [0.25, 0.3) is 0 Å². The predicted molar refractivity (Wildman–Crippen MR) is 52.0 cm³/mol. The van der Waals surface area contributed by atoms with Crippen molar-refractivity contribution in [3.05, 3.63) is 0 Å². The van der Waals surface area contributed by atoms with Crippen LogP contribution in [0.2, 0.25) is 0 Å². The second kappa shape index (κ2) is 66.2. The van der Waals surface area contributed by atoms with E-state index in [1.54, 1.807) is 6.92 Å². The molecule has 0 aromatic carbocycles. The zero-order valence-electron chi connectivity index (χ0n) is 6.70. The summed E-state index contributed by atoms with van der Waals surface area (Å²) < 4.78 is 0. The van der Waals surface area contributed by atoms with Crippen LogP contribution in [-0.4, -0.2) is 44.6 Å². The van der Waals surface area contributed by atoms with Crippen molar-refractivity contribution < 1.29 is 67.5 Å². The molecule has 0 amide bonds. The number of halogens is 3. The Morgan fingerprint density at radius 1 is 0.846 bits per heavy atom. The summed E-state index contributed by atoms with van der Waals surface area (Å²) >= 11 is -2.11. The molecular formula is C2H18Cl3O7Sm. The van der Waals surface area contributed by atoms with Gasteiger partial charge < -0.3 is 38.0 Å². The summed E-state index contributed by atoms with van der Waals surface area (Å²) in [6.07, 6.45) is 0. The van der Waals surface area contributed by atoms with E-state index in [0.717, 1.165) is 0 Å². The van der Waals surface area contributed by atoms with Gasteiger partial charge >= 0.3 is 47.2 Å². The van der Waals surface area contributed by atoms with Crippen LogP contribution in [0, 0.1) is 29.6 Å². The number of aliphatic hydroxyl groups excluding tert-OH is 1. The van der Waals surface area contributed by atoms with E-state index in [9.17, 15) is 0 Å². The second-order valence-corrected chi connectivity index (χ2v) is 12.0. The summed E-state index contributed by atoms with van der Waals surface area (Å²) in [4.78, 5) is 0. The molecule has 0 radical (unpaired) electrons. The van der Waals surface area contributed by atoms with Gasteiger partial charge in [0.2, 0.25) is 0 Å². The summed E-state index contributed by atoms with van der Waals surface area (Å²) in [5.41, 5.74) is 0. The van der Waals surface area contributed by atoms with Gasteiger partial charge in [-0.3, -0.25) is 0 Å². The Kier molecular flexibility index (Phi) is 307. The Morgan fingerprint density at radius 2 is 0.846 bits per heavy atom. The van der Waals surface area contributed by atoms with Gasteiger partial charge in [-0.15, -0.1) is 0 Å². The first-order chi connectivity index (χ1) is 3.15. The van der Waals surface area contributed by atoms with Crippen molar-refractivity contribution in [2.24, 2.45) is 0 Å². The Labute approximate surface area is 97.5 Å². The molecular weight excluding hydrogens is 393 g/mol. The molecule has 0 spiro atoms. The van der Waals surface area contributed by atoms with Crippen LogP contribution < -0.4 is 0 Å². The van der Waals surface area contributed by atoms with Gasteiger partial charge in [0.15, 0.2) is 0 Å². The van der Waals surface area contributed by atoms with Gasteiger partial charge in [-0.05, 0) is 6.92 Å². The van der Waals surface area contributed by atoms with Crippen LogP contribution in [0.4, 0.5) is 0 Å². The summed E-state index contributed by atoms with van der Waals surface area (Å²) in [7, 11) is 0. The third-order valence-electron chi connectivity index (χ3n) is 0. The SMILES string of the molecule is CCO.O.O.O.O.O.O.[Cl][Sm]([Cl])[Cl]. The van der Waals surface area contributed by atoms with Crippen LogP contribution in [0.5, 0.6) is 0 Å². The number of hydrogen-bond acceptors (Lipinski definition) is 1. The van der Waals surface area contributed by atoms with Crippen molar-refractivity contribution in [2.75, 3.05) is 6.61 Å². The van der Waals surface area contributed by atoms with E-state index in [0.29, 0.717) is 0 Å². The third kappa shape index (κ3) is 533. The van der Waals surface area contributed by atoms with Crippen molar-refractivity contribution in [1.82, 2.24) is 0 Å². The van der Waals surface area contributed by atoms with E-state index in [2.05, 4.69) is 0 Å². The maximum atomic E-state index is 7.57. The molecule has 0 bridgehead atoms. The second-order valence-electron chi connectivity index (χ2n) is 0.491. The van der Waals surface area contributed by atoms with Gasteiger partial charge in [0, 0.05) is 6.61 Å². The van der Waals surface area contributed by atoms with E-state index in [-0.39, 0.29) is 39.5 Å². The molecule has 13 heavy (non-hydrogen) atoms. The van der Waals surface area contributed by atoms with Gasteiger partial charge in [0.1, 0.15) is 0 Å². The van der Waals surface area contributed by atoms with Crippen LogP contribution in [0.25, 0.3) is 0 Å². The zero-order chi connectivity index (χ0) is 6.28. The maximum absolute atomic E-state index is 7.57. The van der Waals surface area contributed by atoms with Gasteiger partial charge in [0.05, 0.1) is 0 Å². The summed E-state index contributed by atoms with van der Waals surface area (Å²) in [6, 6.07) is 0. The molecule has 0 saturated heterocycles. The topological polar surface area (TPSA) is 209 Å². The fourth-order valence-electron chi connectivity index (χ4n) is 0. The normalized spacial score (nSPS) is 4.15. The molecule has 11 heteroatoms. The third-order valence-corrected chi connectivity index (χ3v) is 0. The van der Waals surface area contributed by atoms with Crippen LogP contribution >= 0.6 is 17.7 Å². The molecule has 0 fully saturated rings. The van der Waals surface area contributed by atoms with E-state index < -0.39 is 29.6 Å². The minimum absolute atomic E-state index is 0. The molecule has 0 aliphatic carbocycles. The van der Waals surface area contributed by atoms with E-state index in [4.69, 9.17) is 22.8 Å². The molecule has 0 aromatic rings. The van der Waals surface area contributed by atoms with Gasteiger partial charge in [-0.2, -0.15) is 0 Å². The summed E-state index contributed by atoms with van der Waals surface area (Å²) in [5.74, 6) is 15.0. The molecule has 0 rings (SSSR count). The summed E-state index contributed by atoms with van der Waals surface area (Å²) in [6.45, 7) is 1.93. The molecule has 0 atom stereocenters. The average Bonchev–Trinajstić information content (AvgIpc) is 1.33. The first-order valence-corrected chi connectivity index (χ1v) is 11.3. The van der Waals surface area contributed by atoms with Crippen LogP contribution in [0.15, 0.2) is 0 Å². The standard InChI is InChI=1S/C2H6O.3ClH.6H2O.Sm/c1-2-3;;;;;;;;;;/h3H,2H2,1H3;3*1H;6*1H2;/q;;;;;;;;;;+3/p-3. The molecule has 0 aliphatic heterocycles. The van der Waals surface area contributed by atoms with E-state index >= 15 is 0 Å². The average molecular weight is 411 g/mol. The molecule has 0 heterocycles. The minimum atomic E-state index is -2.11. The molecule has 0 saturated carbocycles. The van der Waals surface area contributed by atoms with Crippen molar-refractivity contribution in [1.29, 1.82) is 0 Å². The van der Waals surface area contributed by atoms with Crippen LogP contribution in [0.1, 0.15) is 6.92 Å². The van der Waals surface area contributed by atoms with Crippen molar-refractivity contribution in [2.45, 2.75) is 6.92 Å². The molecule has 0 aliphatic rings. The van der Waals surface area contributed by atoms with Crippen LogP contribution in [-0.2, 0) is 0 Å². The number of rotatable bonds is 0. The van der Waals surface area contributed by atoms with Crippen molar-refractivity contribution >= 4 is 17.7 Å². The van der Waals surface area contributed by atoms with Gasteiger partial charge in [-0.25, -0.2) is 0 Å². The Balaban J connectivity index is -0.00000000444. The Hall–Kier alpha value is 1.93. The number of hydrogen-bond donors (Lipinski definition) is 1. The monoisotopic (exact) mass is 411 g/mol. The number of aliphatic hydroxyl groups is 1. The van der Waals surface area contributed by atoms with Crippen LogP contribution in [0.3, 0.4) is 0 Å². The quantitative estimate of drug-likeness (QED) is 0.438.